The van der Waals surface area contributed by atoms with Gasteiger partial charge in [0.1, 0.15) is 0 Å². The smallest absolute Gasteiger partial charge is 0.315 e. The van der Waals surface area contributed by atoms with E-state index in [-0.39, 0.29) is 18.6 Å². The Balaban J connectivity index is 1.72. The van der Waals surface area contributed by atoms with Crippen LogP contribution in [0, 0.1) is 11.3 Å². The second kappa shape index (κ2) is 5.80. The van der Waals surface area contributed by atoms with Crippen molar-refractivity contribution in [1.82, 2.24) is 10.6 Å². The highest BCUT2D eigenvalue weighted by atomic mass is 16.4. The van der Waals surface area contributed by atoms with Crippen LogP contribution in [0.25, 0.3) is 0 Å². The highest BCUT2D eigenvalue weighted by molar-refractivity contribution is 5.78. The molecule has 0 heterocycles. The van der Waals surface area contributed by atoms with E-state index < -0.39 is 11.4 Å². The highest BCUT2D eigenvalue weighted by Gasteiger charge is 2.44. The number of carbonyl (C=O) groups is 2. The molecule has 108 valence electrons. The molecule has 0 spiro atoms. The first-order valence-corrected chi connectivity index (χ1v) is 7.33. The molecule has 2 fully saturated rings. The molecule has 2 aliphatic rings. The van der Waals surface area contributed by atoms with Crippen LogP contribution in [0.5, 0.6) is 0 Å². The molecule has 19 heavy (non-hydrogen) atoms. The summed E-state index contributed by atoms with van der Waals surface area (Å²) in [6.07, 6.45) is 6.81. The van der Waals surface area contributed by atoms with Gasteiger partial charge in [0.2, 0.25) is 0 Å². The number of urea groups is 1. The summed E-state index contributed by atoms with van der Waals surface area (Å²) in [5.74, 6) is -0.00804. The molecular formula is C14H24N2O3. The van der Waals surface area contributed by atoms with E-state index in [1.165, 1.54) is 12.8 Å². The van der Waals surface area contributed by atoms with Crippen molar-refractivity contribution in [2.24, 2.45) is 11.3 Å². The highest BCUT2D eigenvalue weighted by Crippen LogP contribution is 2.40. The van der Waals surface area contributed by atoms with Gasteiger partial charge in [0.25, 0.3) is 0 Å². The molecule has 2 aliphatic carbocycles. The zero-order chi connectivity index (χ0) is 13.9. The summed E-state index contributed by atoms with van der Waals surface area (Å²) in [4.78, 5) is 23.0. The van der Waals surface area contributed by atoms with Gasteiger partial charge in [-0.1, -0.05) is 26.2 Å². The first-order valence-electron chi connectivity index (χ1n) is 7.33. The van der Waals surface area contributed by atoms with Crippen molar-refractivity contribution in [2.75, 3.05) is 6.54 Å². The minimum absolute atomic E-state index is 0.217. The fraction of sp³-hybridized carbons (Fsp3) is 0.857. The maximum absolute atomic E-state index is 11.8. The number of carboxylic acid groups (broad SMARTS) is 1. The summed E-state index contributed by atoms with van der Waals surface area (Å²) in [6.45, 7) is 2.31. The van der Waals surface area contributed by atoms with E-state index in [1.54, 1.807) is 0 Å². The van der Waals surface area contributed by atoms with Crippen molar-refractivity contribution in [3.8, 4) is 0 Å². The van der Waals surface area contributed by atoms with Crippen molar-refractivity contribution in [3.63, 3.8) is 0 Å². The quantitative estimate of drug-likeness (QED) is 0.661. The zero-order valence-corrected chi connectivity index (χ0v) is 11.6. The number of hydrogen-bond acceptors (Lipinski definition) is 2. The molecule has 1 atom stereocenters. The van der Waals surface area contributed by atoms with Crippen molar-refractivity contribution < 1.29 is 14.7 Å². The topological polar surface area (TPSA) is 78.4 Å². The molecule has 2 rings (SSSR count). The molecule has 0 bridgehead atoms. The van der Waals surface area contributed by atoms with E-state index in [2.05, 4.69) is 17.6 Å². The molecule has 0 radical (unpaired) electrons. The monoisotopic (exact) mass is 268 g/mol. The largest absolute Gasteiger partial charge is 0.481 e. The molecule has 2 saturated carbocycles. The number of aliphatic carboxylic acids is 1. The van der Waals surface area contributed by atoms with Gasteiger partial charge in [0.15, 0.2) is 0 Å². The van der Waals surface area contributed by atoms with Crippen LogP contribution in [0.2, 0.25) is 0 Å². The zero-order valence-electron chi connectivity index (χ0n) is 11.6. The van der Waals surface area contributed by atoms with Crippen LogP contribution in [0.3, 0.4) is 0 Å². The van der Waals surface area contributed by atoms with Crippen LogP contribution in [-0.2, 0) is 4.79 Å². The Morgan fingerprint density at radius 1 is 1.37 bits per heavy atom. The van der Waals surface area contributed by atoms with Gasteiger partial charge in [-0.25, -0.2) is 4.79 Å². The number of carboxylic acids is 1. The normalized spacial score (nSPS) is 22.2. The molecule has 0 aromatic heterocycles. The Morgan fingerprint density at radius 3 is 2.47 bits per heavy atom. The summed E-state index contributed by atoms with van der Waals surface area (Å²) >= 11 is 0. The van der Waals surface area contributed by atoms with Crippen molar-refractivity contribution in [2.45, 2.75) is 57.9 Å². The summed E-state index contributed by atoms with van der Waals surface area (Å²) < 4.78 is 0. The Kier molecular flexibility index (Phi) is 4.32. The molecule has 0 aromatic carbocycles. The lowest BCUT2D eigenvalue weighted by atomic mass is 9.69. The molecule has 1 unspecified atom stereocenters. The third kappa shape index (κ3) is 3.61. The number of hydrogen-bond donors (Lipinski definition) is 3. The van der Waals surface area contributed by atoms with Crippen LogP contribution in [0.15, 0.2) is 0 Å². The summed E-state index contributed by atoms with van der Waals surface area (Å²) in [7, 11) is 0. The maximum atomic E-state index is 11.8. The lowest BCUT2D eigenvalue weighted by Gasteiger charge is -2.37. The lowest BCUT2D eigenvalue weighted by Crippen LogP contribution is -2.51. The van der Waals surface area contributed by atoms with Crippen molar-refractivity contribution >= 4 is 12.0 Å². The van der Waals surface area contributed by atoms with E-state index in [4.69, 9.17) is 0 Å². The van der Waals surface area contributed by atoms with Crippen molar-refractivity contribution in [1.29, 1.82) is 0 Å². The Hall–Kier alpha value is -1.26. The Morgan fingerprint density at radius 2 is 2.05 bits per heavy atom. The second-order valence-corrected chi connectivity index (χ2v) is 6.05. The first kappa shape index (κ1) is 14.2. The minimum atomic E-state index is -0.788. The van der Waals surface area contributed by atoms with Crippen LogP contribution < -0.4 is 10.6 Å². The van der Waals surface area contributed by atoms with Crippen LogP contribution in [0.4, 0.5) is 4.79 Å². The molecular weight excluding hydrogens is 244 g/mol. The summed E-state index contributed by atoms with van der Waals surface area (Å²) in [5, 5.41) is 14.9. The summed E-state index contributed by atoms with van der Waals surface area (Å²) in [6, 6.07) is -0.00491. The molecule has 3 N–H and O–H groups in total. The van der Waals surface area contributed by atoms with Gasteiger partial charge in [0.05, 0.1) is 5.41 Å². The van der Waals surface area contributed by atoms with Gasteiger partial charge in [0, 0.05) is 12.6 Å². The number of carbonyl (C=O) groups excluding carboxylic acids is 1. The van der Waals surface area contributed by atoms with E-state index in [0.29, 0.717) is 12.8 Å². The number of amides is 2. The third-order valence-electron chi connectivity index (χ3n) is 4.49. The molecule has 5 heteroatoms. The van der Waals surface area contributed by atoms with Gasteiger partial charge in [-0.05, 0) is 31.6 Å². The van der Waals surface area contributed by atoms with Crippen LogP contribution >= 0.6 is 0 Å². The molecule has 0 aliphatic heterocycles. The SMILES string of the molecule is CCC(CC1CC1)NC(=O)NCC1(C(=O)O)CCC1. The minimum Gasteiger partial charge on any atom is -0.481 e. The van der Waals surface area contributed by atoms with E-state index in [0.717, 1.165) is 25.2 Å². The predicted octanol–water partition coefficient (Wildman–Crippen LogP) is 2.12. The predicted molar refractivity (Wildman–Crippen MR) is 71.9 cm³/mol. The average Bonchev–Trinajstić information content (AvgIpc) is 3.10. The van der Waals surface area contributed by atoms with Crippen molar-refractivity contribution in [3.05, 3.63) is 0 Å². The Bertz CT molecular complexity index is 349. The molecule has 0 aromatic rings. The fourth-order valence-electron chi connectivity index (χ4n) is 2.64. The Labute approximate surface area is 114 Å². The van der Waals surface area contributed by atoms with Crippen LogP contribution in [0.1, 0.15) is 51.9 Å². The lowest BCUT2D eigenvalue weighted by molar-refractivity contribution is -0.153. The van der Waals surface area contributed by atoms with Gasteiger partial charge in [-0.2, -0.15) is 0 Å². The summed E-state index contributed by atoms with van der Waals surface area (Å²) in [5.41, 5.74) is -0.713. The van der Waals surface area contributed by atoms with E-state index >= 15 is 0 Å². The number of nitrogens with one attached hydrogen (secondary N) is 2. The van der Waals surface area contributed by atoms with Gasteiger partial charge in [-0.3, -0.25) is 4.79 Å². The maximum Gasteiger partial charge on any atom is 0.315 e. The second-order valence-electron chi connectivity index (χ2n) is 6.05. The van der Waals surface area contributed by atoms with Gasteiger partial charge < -0.3 is 15.7 Å². The first-order chi connectivity index (χ1) is 9.05. The standard InChI is InChI=1S/C14H24N2O3/c1-2-11(8-10-4-5-10)16-13(19)15-9-14(12(17)18)6-3-7-14/h10-11H,2-9H2,1H3,(H,17,18)(H2,15,16,19). The number of rotatable bonds is 7. The van der Waals surface area contributed by atoms with Gasteiger partial charge in [-0.15, -0.1) is 0 Å². The van der Waals surface area contributed by atoms with Gasteiger partial charge >= 0.3 is 12.0 Å². The van der Waals surface area contributed by atoms with E-state index in [1.807, 2.05) is 0 Å². The average molecular weight is 268 g/mol. The van der Waals surface area contributed by atoms with E-state index in [9.17, 15) is 14.7 Å². The fourth-order valence-corrected chi connectivity index (χ4v) is 2.64. The molecule has 5 nitrogen and oxygen atoms in total. The molecule has 0 saturated heterocycles. The third-order valence-corrected chi connectivity index (χ3v) is 4.49. The van der Waals surface area contributed by atoms with Crippen LogP contribution in [-0.4, -0.2) is 29.7 Å². The molecule has 2 amide bonds.